The average molecular weight is 259 g/mol. The summed E-state index contributed by atoms with van der Waals surface area (Å²) in [4.78, 5) is 6.66. The second-order valence-corrected chi connectivity index (χ2v) is 4.54. The number of aromatic nitrogens is 3. The molecule has 102 valence electrons. The molecule has 19 heavy (non-hydrogen) atoms. The van der Waals surface area contributed by atoms with Crippen LogP contribution in [0.5, 0.6) is 0 Å². The van der Waals surface area contributed by atoms with Gasteiger partial charge in [-0.2, -0.15) is 5.10 Å². The maximum Gasteiger partial charge on any atom is 0.141 e. The molecule has 2 N–H and O–H groups in total. The number of rotatable bonds is 6. The normalized spacial score (nSPS) is 11.1. The van der Waals surface area contributed by atoms with Crippen molar-refractivity contribution in [1.29, 1.82) is 0 Å². The molecule has 0 radical (unpaired) electrons. The van der Waals surface area contributed by atoms with Crippen LogP contribution in [0.3, 0.4) is 0 Å². The highest BCUT2D eigenvalue weighted by molar-refractivity contribution is 5.39. The van der Waals surface area contributed by atoms with Crippen molar-refractivity contribution in [3.05, 3.63) is 42.0 Å². The van der Waals surface area contributed by atoms with E-state index in [0.29, 0.717) is 0 Å². The van der Waals surface area contributed by atoms with E-state index < -0.39 is 0 Å². The zero-order chi connectivity index (χ0) is 13.7. The van der Waals surface area contributed by atoms with Crippen molar-refractivity contribution < 1.29 is 0 Å². The van der Waals surface area contributed by atoms with Gasteiger partial charge in [0.05, 0.1) is 6.54 Å². The summed E-state index contributed by atoms with van der Waals surface area (Å²) >= 11 is 0. The van der Waals surface area contributed by atoms with Crippen molar-refractivity contribution in [2.24, 2.45) is 0 Å². The quantitative estimate of drug-likeness (QED) is 0.805. The minimum absolute atomic E-state index is 0.803. The van der Waals surface area contributed by atoms with Crippen LogP contribution in [0.15, 0.2) is 30.6 Å². The van der Waals surface area contributed by atoms with Crippen LogP contribution < -0.4 is 5.73 Å². The number of nitrogens with zero attached hydrogens (tertiary/aromatic N) is 4. The van der Waals surface area contributed by atoms with Gasteiger partial charge in [-0.1, -0.05) is 19.1 Å². The summed E-state index contributed by atoms with van der Waals surface area (Å²) in [5.41, 5.74) is 7.77. The number of nitrogen functional groups attached to an aromatic ring is 1. The van der Waals surface area contributed by atoms with Crippen molar-refractivity contribution in [3.63, 3.8) is 0 Å². The summed E-state index contributed by atoms with van der Waals surface area (Å²) in [6, 6.07) is 8.03. The van der Waals surface area contributed by atoms with Gasteiger partial charge in [-0.3, -0.25) is 4.90 Å². The Balaban J connectivity index is 2.02. The predicted molar refractivity (Wildman–Crippen MR) is 76.3 cm³/mol. The molecule has 5 nitrogen and oxygen atoms in total. The SMILES string of the molecule is CCN(Cc1ccc(N)cc1)Cc1ncnn1CC. The molecule has 0 saturated heterocycles. The summed E-state index contributed by atoms with van der Waals surface area (Å²) in [5.74, 6) is 1.01. The lowest BCUT2D eigenvalue weighted by molar-refractivity contribution is 0.259. The van der Waals surface area contributed by atoms with Crippen molar-refractivity contribution in [2.75, 3.05) is 12.3 Å². The second-order valence-electron chi connectivity index (χ2n) is 4.54. The minimum atomic E-state index is 0.803. The summed E-state index contributed by atoms with van der Waals surface area (Å²) in [7, 11) is 0. The molecule has 0 aliphatic rings. The van der Waals surface area contributed by atoms with Crippen LogP contribution in [0.1, 0.15) is 25.2 Å². The maximum absolute atomic E-state index is 5.70. The highest BCUT2D eigenvalue weighted by Gasteiger charge is 2.09. The van der Waals surface area contributed by atoms with E-state index in [1.165, 1.54) is 5.56 Å². The van der Waals surface area contributed by atoms with E-state index in [4.69, 9.17) is 5.73 Å². The van der Waals surface area contributed by atoms with E-state index in [1.54, 1.807) is 6.33 Å². The van der Waals surface area contributed by atoms with Crippen LogP contribution in [0, 0.1) is 0 Å². The third-order valence-corrected chi connectivity index (χ3v) is 3.19. The fraction of sp³-hybridized carbons (Fsp3) is 0.429. The van der Waals surface area contributed by atoms with Gasteiger partial charge in [-0.15, -0.1) is 0 Å². The van der Waals surface area contributed by atoms with Crippen molar-refractivity contribution in [2.45, 2.75) is 33.5 Å². The highest BCUT2D eigenvalue weighted by atomic mass is 15.3. The van der Waals surface area contributed by atoms with Gasteiger partial charge >= 0.3 is 0 Å². The van der Waals surface area contributed by atoms with Gasteiger partial charge in [-0.05, 0) is 31.2 Å². The first-order valence-electron chi connectivity index (χ1n) is 6.66. The molecule has 5 heteroatoms. The molecule has 0 bridgehead atoms. The van der Waals surface area contributed by atoms with Gasteiger partial charge in [0, 0.05) is 18.8 Å². The molecule has 0 aliphatic heterocycles. The molecular weight excluding hydrogens is 238 g/mol. The average Bonchev–Trinajstić information content (AvgIpc) is 2.87. The molecular formula is C14H21N5. The summed E-state index contributed by atoms with van der Waals surface area (Å²) in [5, 5.41) is 4.20. The Morgan fingerprint density at radius 3 is 2.53 bits per heavy atom. The molecule has 0 fully saturated rings. The van der Waals surface area contributed by atoms with Gasteiger partial charge in [0.25, 0.3) is 0 Å². The molecule has 0 amide bonds. The maximum atomic E-state index is 5.70. The Morgan fingerprint density at radius 2 is 1.89 bits per heavy atom. The van der Waals surface area contributed by atoms with Crippen molar-refractivity contribution in [3.8, 4) is 0 Å². The van der Waals surface area contributed by atoms with Crippen LogP contribution in [0.2, 0.25) is 0 Å². The molecule has 1 aromatic carbocycles. The van der Waals surface area contributed by atoms with Gasteiger partial charge in [0.2, 0.25) is 0 Å². The lowest BCUT2D eigenvalue weighted by atomic mass is 10.2. The van der Waals surface area contributed by atoms with Crippen molar-refractivity contribution >= 4 is 5.69 Å². The molecule has 2 aromatic rings. The molecule has 1 aromatic heterocycles. The fourth-order valence-corrected chi connectivity index (χ4v) is 2.04. The Labute approximate surface area is 114 Å². The number of anilines is 1. The first-order valence-corrected chi connectivity index (χ1v) is 6.66. The van der Waals surface area contributed by atoms with E-state index in [9.17, 15) is 0 Å². The summed E-state index contributed by atoms with van der Waals surface area (Å²) in [6.45, 7) is 7.77. The number of nitrogens with two attached hydrogens (primary N) is 1. The van der Waals surface area contributed by atoms with E-state index >= 15 is 0 Å². The van der Waals surface area contributed by atoms with E-state index in [0.717, 1.165) is 37.7 Å². The monoisotopic (exact) mass is 259 g/mol. The predicted octanol–water partition coefficient (Wildman–Crippen LogP) is 1.90. The topological polar surface area (TPSA) is 60.0 Å². The Kier molecular flexibility index (Phi) is 4.52. The fourth-order valence-electron chi connectivity index (χ4n) is 2.04. The molecule has 0 spiro atoms. The first-order chi connectivity index (χ1) is 9.22. The van der Waals surface area contributed by atoms with Crippen LogP contribution in [-0.2, 0) is 19.6 Å². The van der Waals surface area contributed by atoms with Gasteiger partial charge < -0.3 is 5.73 Å². The largest absolute Gasteiger partial charge is 0.399 e. The zero-order valence-corrected chi connectivity index (χ0v) is 11.6. The Bertz CT molecular complexity index is 503. The zero-order valence-electron chi connectivity index (χ0n) is 11.6. The van der Waals surface area contributed by atoms with Crippen LogP contribution in [-0.4, -0.2) is 26.2 Å². The molecule has 0 saturated carbocycles. The van der Waals surface area contributed by atoms with Gasteiger partial charge in [0.1, 0.15) is 12.2 Å². The minimum Gasteiger partial charge on any atom is -0.399 e. The van der Waals surface area contributed by atoms with Gasteiger partial charge in [-0.25, -0.2) is 9.67 Å². The summed E-state index contributed by atoms with van der Waals surface area (Å²) < 4.78 is 1.94. The van der Waals surface area contributed by atoms with Crippen molar-refractivity contribution in [1.82, 2.24) is 19.7 Å². The van der Waals surface area contributed by atoms with Crippen LogP contribution in [0.25, 0.3) is 0 Å². The lowest BCUT2D eigenvalue weighted by Gasteiger charge is -2.20. The van der Waals surface area contributed by atoms with Crippen LogP contribution in [0.4, 0.5) is 5.69 Å². The van der Waals surface area contributed by atoms with Crippen LogP contribution >= 0.6 is 0 Å². The summed E-state index contributed by atoms with van der Waals surface area (Å²) in [6.07, 6.45) is 1.62. The Morgan fingerprint density at radius 1 is 1.16 bits per heavy atom. The molecule has 0 atom stereocenters. The molecule has 0 unspecified atom stereocenters. The number of aryl methyl sites for hydroxylation is 1. The third kappa shape index (κ3) is 3.54. The van der Waals surface area contributed by atoms with E-state index in [1.807, 2.05) is 16.8 Å². The van der Waals surface area contributed by atoms with Gasteiger partial charge in [0.15, 0.2) is 0 Å². The van der Waals surface area contributed by atoms with E-state index in [-0.39, 0.29) is 0 Å². The number of hydrogen-bond donors (Lipinski definition) is 1. The Hall–Kier alpha value is -1.88. The lowest BCUT2D eigenvalue weighted by Crippen LogP contribution is -2.24. The number of hydrogen-bond acceptors (Lipinski definition) is 4. The standard InChI is InChI=1S/C14H21N5/c1-3-18(9-12-5-7-13(15)8-6-12)10-14-16-11-17-19(14)4-2/h5-8,11H,3-4,9-10,15H2,1-2H3. The first kappa shape index (κ1) is 13.5. The number of benzene rings is 1. The molecule has 2 rings (SSSR count). The molecule has 0 aliphatic carbocycles. The second kappa shape index (κ2) is 6.33. The third-order valence-electron chi connectivity index (χ3n) is 3.19. The van der Waals surface area contributed by atoms with E-state index in [2.05, 4.69) is 41.0 Å². The smallest absolute Gasteiger partial charge is 0.141 e. The highest BCUT2D eigenvalue weighted by Crippen LogP contribution is 2.10. The molecule has 1 heterocycles.